The Morgan fingerprint density at radius 2 is 2.25 bits per heavy atom. The van der Waals surface area contributed by atoms with Crippen molar-refractivity contribution < 1.29 is 8.42 Å². The van der Waals surface area contributed by atoms with Crippen LogP contribution in [0.4, 0.5) is 0 Å². The molecular weight excluding hydrogens is 294 g/mol. The van der Waals surface area contributed by atoms with Gasteiger partial charge in [-0.1, -0.05) is 6.92 Å². The molecule has 5 nitrogen and oxygen atoms in total. The number of hydrogen-bond acceptors (Lipinski definition) is 5. The third-order valence-corrected chi connectivity index (χ3v) is 6.63. The Labute approximate surface area is 125 Å². The van der Waals surface area contributed by atoms with E-state index in [0.29, 0.717) is 23.2 Å². The standard InChI is InChI=1S/C13H23N3O2S2/c1-3-16-7-6-11(10-16)8-15-20(17,18)13-5-4-12(19-13)9-14-2/h4-5,11,14-15H,3,6-10H2,1-2H3. The number of likely N-dealkylation sites (tertiary alicyclic amines) is 1. The van der Waals surface area contributed by atoms with Crippen molar-refractivity contribution in [3.8, 4) is 0 Å². The normalized spacial score (nSPS) is 20.6. The van der Waals surface area contributed by atoms with Crippen LogP contribution in [0.15, 0.2) is 16.3 Å². The summed E-state index contributed by atoms with van der Waals surface area (Å²) in [7, 11) is -1.49. The van der Waals surface area contributed by atoms with Gasteiger partial charge in [-0.3, -0.25) is 0 Å². The van der Waals surface area contributed by atoms with Gasteiger partial charge in [0.2, 0.25) is 10.0 Å². The first-order valence-corrected chi connectivity index (χ1v) is 9.30. The molecule has 2 heterocycles. The number of rotatable bonds is 7. The van der Waals surface area contributed by atoms with Crippen LogP contribution in [0, 0.1) is 5.92 Å². The lowest BCUT2D eigenvalue weighted by molar-refractivity contribution is 0.342. The first-order valence-electron chi connectivity index (χ1n) is 7.00. The molecule has 7 heteroatoms. The molecule has 0 radical (unpaired) electrons. The van der Waals surface area contributed by atoms with E-state index < -0.39 is 10.0 Å². The summed E-state index contributed by atoms with van der Waals surface area (Å²) in [6.07, 6.45) is 1.08. The van der Waals surface area contributed by atoms with Crippen molar-refractivity contribution in [1.82, 2.24) is 14.9 Å². The molecule has 2 rings (SSSR count). The molecule has 1 atom stereocenters. The van der Waals surface area contributed by atoms with Gasteiger partial charge in [0, 0.05) is 24.5 Å². The highest BCUT2D eigenvalue weighted by Gasteiger charge is 2.24. The molecule has 1 unspecified atom stereocenters. The van der Waals surface area contributed by atoms with Crippen molar-refractivity contribution in [2.75, 3.05) is 33.2 Å². The predicted molar refractivity (Wildman–Crippen MR) is 82.5 cm³/mol. The monoisotopic (exact) mass is 317 g/mol. The van der Waals surface area contributed by atoms with Gasteiger partial charge < -0.3 is 10.2 Å². The second-order valence-corrected chi connectivity index (χ2v) is 8.31. The lowest BCUT2D eigenvalue weighted by atomic mass is 10.1. The summed E-state index contributed by atoms with van der Waals surface area (Å²) < 4.78 is 27.6. The van der Waals surface area contributed by atoms with Crippen LogP contribution in [0.2, 0.25) is 0 Å². The number of nitrogens with zero attached hydrogens (tertiary/aromatic N) is 1. The number of nitrogens with one attached hydrogen (secondary N) is 2. The third kappa shape index (κ3) is 4.02. The lowest BCUT2D eigenvalue weighted by Gasteiger charge is -2.13. The summed E-state index contributed by atoms with van der Waals surface area (Å²) in [6, 6.07) is 3.55. The first kappa shape index (κ1) is 15.9. The van der Waals surface area contributed by atoms with Crippen molar-refractivity contribution in [1.29, 1.82) is 0 Å². The Kier molecular flexibility index (Phi) is 5.57. The van der Waals surface area contributed by atoms with E-state index in [9.17, 15) is 8.42 Å². The Morgan fingerprint density at radius 3 is 2.90 bits per heavy atom. The highest BCUT2D eigenvalue weighted by atomic mass is 32.2. The maximum atomic E-state index is 12.2. The smallest absolute Gasteiger partial charge is 0.250 e. The molecule has 1 aromatic rings. The van der Waals surface area contributed by atoms with Crippen LogP contribution < -0.4 is 10.0 Å². The molecule has 20 heavy (non-hydrogen) atoms. The fourth-order valence-electron chi connectivity index (χ4n) is 2.44. The fourth-order valence-corrected chi connectivity index (χ4v) is 4.97. The van der Waals surface area contributed by atoms with Gasteiger partial charge in [-0.25, -0.2) is 13.1 Å². The van der Waals surface area contributed by atoms with E-state index in [-0.39, 0.29) is 0 Å². The summed E-state index contributed by atoms with van der Waals surface area (Å²) in [5.41, 5.74) is 0. The van der Waals surface area contributed by atoms with Crippen molar-refractivity contribution >= 4 is 21.4 Å². The van der Waals surface area contributed by atoms with Crippen LogP contribution in [0.5, 0.6) is 0 Å². The van der Waals surface area contributed by atoms with Crippen LogP contribution in [-0.2, 0) is 16.6 Å². The number of sulfonamides is 1. The van der Waals surface area contributed by atoms with Crippen LogP contribution in [0.25, 0.3) is 0 Å². The molecule has 0 saturated carbocycles. The highest BCUT2D eigenvalue weighted by molar-refractivity contribution is 7.91. The van der Waals surface area contributed by atoms with E-state index >= 15 is 0 Å². The second kappa shape index (κ2) is 7.00. The van der Waals surface area contributed by atoms with E-state index in [1.807, 2.05) is 13.1 Å². The van der Waals surface area contributed by atoms with E-state index in [0.717, 1.165) is 30.9 Å². The van der Waals surface area contributed by atoms with E-state index in [1.165, 1.54) is 11.3 Å². The maximum Gasteiger partial charge on any atom is 0.250 e. The third-order valence-electron chi connectivity index (χ3n) is 3.63. The van der Waals surface area contributed by atoms with Gasteiger partial charge in [-0.05, 0) is 44.6 Å². The molecule has 0 aliphatic carbocycles. The molecule has 1 aliphatic heterocycles. The van der Waals surface area contributed by atoms with Crippen LogP contribution >= 0.6 is 11.3 Å². The van der Waals surface area contributed by atoms with Crippen molar-refractivity contribution in [2.24, 2.45) is 5.92 Å². The quantitative estimate of drug-likeness (QED) is 0.790. The van der Waals surface area contributed by atoms with Gasteiger partial charge in [0.1, 0.15) is 4.21 Å². The number of hydrogen-bond donors (Lipinski definition) is 2. The summed E-state index contributed by atoms with van der Waals surface area (Å²) in [4.78, 5) is 3.39. The molecule has 0 aromatic carbocycles. The van der Waals surface area contributed by atoms with Crippen LogP contribution in [0.1, 0.15) is 18.2 Å². The average Bonchev–Trinajstić information content (AvgIpc) is 3.06. The molecule has 0 amide bonds. The van der Waals surface area contributed by atoms with Gasteiger partial charge in [0.15, 0.2) is 0 Å². The molecule has 0 spiro atoms. The zero-order valence-corrected chi connectivity index (χ0v) is 13.7. The van der Waals surface area contributed by atoms with Crippen LogP contribution in [0.3, 0.4) is 0 Å². The van der Waals surface area contributed by atoms with E-state index in [2.05, 4.69) is 21.9 Å². The van der Waals surface area contributed by atoms with Crippen molar-refractivity contribution in [2.45, 2.75) is 24.1 Å². The van der Waals surface area contributed by atoms with Crippen molar-refractivity contribution in [3.05, 3.63) is 17.0 Å². The minimum atomic E-state index is -3.35. The van der Waals surface area contributed by atoms with Gasteiger partial charge >= 0.3 is 0 Å². The summed E-state index contributed by atoms with van der Waals surface area (Å²) in [5.74, 6) is 0.432. The molecule has 2 N–H and O–H groups in total. The molecule has 1 saturated heterocycles. The van der Waals surface area contributed by atoms with Gasteiger partial charge in [-0.15, -0.1) is 11.3 Å². The fraction of sp³-hybridized carbons (Fsp3) is 0.692. The SMILES string of the molecule is CCN1CCC(CNS(=O)(=O)c2ccc(CNC)s2)C1. The van der Waals surface area contributed by atoms with E-state index in [4.69, 9.17) is 0 Å². The zero-order valence-electron chi connectivity index (χ0n) is 12.1. The summed E-state index contributed by atoms with van der Waals surface area (Å²) in [6.45, 7) is 6.50. The van der Waals surface area contributed by atoms with Crippen molar-refractivity contribution in [3.63, 3.8) is 0 Å². The van der Waals surface area contributed by atoms with E-state index in [1.54, 1.807) is 6.07 Å². The molecule has 0 bridgehead atoms. The summed E-state index contributed by atoms with van der Waals surface area (Å²) >= 11 is 1.33. The molecule has 114 valence electrons. The Bertz CT molecular complexity index is 527. The van der Waals surface area contributed by atoms with Crippen LogP contribution in [-0.4, -0.2) is 46.5 Å². The predicted octanol–water partition coefficient (Wildman–Crippen LogP) is 1.09. The maximum absolute atomic E-state index is 12.2. The number of thiophene rings is 1. The molecule has 1 aromatic heterocycles. The molecular formula is C13H23N3O2S2. The lowest BCUT2D eigenvalue weighted by Crippen LogP contribution is -2.30. The largest absolute Gasteiger partial charge is 0.315 e. The minimum absolute atomic E-state index is 0.410. The Hall–Kier alpha value is -0.470. The summed E-state index contributed by atoms with van der Waals surface area (Å²) in [5, 5.41) is 3.03. The van der Waals surface area contributed by atoms with Gasteiger partial charge in [0.25, 0.3) is 0 Å². The average molecular weight is 317 g/mol. The van der Waals surface area contributed by atoms with Gasteiger partial charge in [-0.2, -0.15) is 0 Å². The second-order valence-electron chi connectivity index (χ2n) is 5.15. The zero-order chi connectivity index (χ0) is 14.6. The van der Waals surface area contributed by atoms with Gasteiger partial charge in [0.05, 0.1) is 0 Å². The minimum Gasteiger partial charge on any atom is -0.315 e. The highest BCUT2D eigenvalue weighted by Crippen LogP contribution is 2.22. The molecule has 1 aliphatic rings. The Morgan fingerprint density at radius 1 is 1.45 bits per heavy atom. The Balaban J connectivity index is 1.90. The molecule has 1 fully saturated rings. The topological polar surface area (TPSA) is 61.4 Å². The first-order chi connectivity index (χ1) is 9.55.